The van der Waals surface area contributed by atoms with Crippen LogP contribution in [0.5, 0.6) is 0 Å². The zero-order chi connectivity index (χ0) is 15.5. The summed E-state index contributed by atoms with van der Waals surface area (Å²) >= 11 is 1.53. The van der Waals surface area contributed by atoms with Crippen LogP contribution in [0, 0.1) is 6.92 Å². The van der Waals surface area contributed by atoms with Gasteiger partial charge >= 0.3 is 0 Å². The van der Waals surface area contributed by atoms with Gasteiger partial charge in [-0.15, -0.1) is 11.3 Å². The quantitative estimate of drug-likeness (QED) is 0.926. The lowest BCUT2D eigenvalue weighted by molar-refractivity contribution is 0.0758. The molecule has 4 nitrogen and oxygen atoms in total. The molecule has 0 saturated carbocycles. The van der Waals surface area contributed by atoms with Gasteiger partial charge in [-0.3, -0.25) is 9.78 Å². The Balaban J connectivity index is 1.78. The lowest BCUT2D eigenvalue weighted by Gasteiger charge is -2.19. The fourth-order valence-corrected chi connectivity index (χ4v) is 3.85. The topological polar surface area (TPSA) is 53.4 Å². The van der Waals surface area contributed by atoms with Crippen molar-refractivity contribution in [1.29, 1.82) is 0 Å². The molecule has 1 amide bonds. The second kappa shape index (κ2) is 6.58. The van der Waals surface area contributed by atoms with E-state index in [1.165, 1.54) is 11.3 Å². The summed E-state index contributed by atoms with van der Waals surface area (Å²) in [6, 6.07) is 5.90. The molecule has 3 rings (SSSR count). The maximum Gasteiger partial charge on any atom is 0.263 e. The average molecular weight is 316 g/mol. The molecule has 1 aliphatic rings. The van der Waals surface area contributed by atoms with Crippen LogP contribution in [0.1, 0.15) is 34.5 Å². The van der Waals surface area contributed by atoms with Crippen molar-refractivity contribution in [3.8, 4) is 10.4 Å². The Morgan fingerprint density at radius 3 is 3.00 bits per heavy atom. The molecule has 0 bridgehead atoms. The van der Waals surface area contributed by atoms with E-state index in [4.69, 9.17) is 0 Å². The second-order valence-corrected chi connectivity index (χ2v) is 6.82. The van der Waals surface area contributed by atoms with E-state index in [1.54, 1.807) is 6.20 Å². The van der Waals surface area contributed by atoms with E-state index < -0.39 is 0 Å². The number of aliphatic hydroxyl groups excluding tert-OH is 1. The van der Waals surface area contributed by atoms with E-state index in [-0.39, 0.29) is 12.0 Å². The minimum Gasteiger partial charge on any atom is -0.393 e. The van der Waals surface area contributed by atoms with Crippen LogP contribution in [0.25, 0.3) is 10.4 Å². The minimum absolute atomic E-state index is 0.0806. The summed E-state index contributed by atoms with van der Waals surface area (Å²) in [5.74, 6) is 0.0806. The van der Waals surface area contributed by atoms with Gasteiger partial charge in [0.25, 0.3) is 5.91 Å². The predicted octanol–water partition coefficient (Wildman–Crippen LogP) is 3.11. The highest BCUT2D eigenvalue weighted by Gasteiger charge is 2.22. The molecule has 1 fully saturated rings. The van der Waals surface area contributed by atoms with Gasteiger partial charge in [0.05, 0.1) is 11.0 Å². The summed E-state index contributed by atoms with van der Waals surface area (Å²) in [6.45, 7) is 3.40. The Labute approximate surface area is 134 Å². The lowest BCUT2D eigenvalue weighted by Crippen LogP contribution is -2.31. The Bertz CT molecular complexity index is 668. The third-order valence-corrected chi connectivity index (χ3v) is 5.19. The van der Waals surface area contributed by atoms with Crippen LogP contribution in [-0.4, -0.2) is 40.1 Å². The summed E-state index contributed by atoms with van der Waals surface area (Å²) in [7, 11) is 0. The molecule has 0 aromatic carbocycles. The molecular weight excluding hydrogens is 296 g/mol. The number of hydrogen-bond donors (Lipinski definition) is 1. The molecule has 5 heteroatoms. The number of aliphatic hydroxyl groups is 1. The van der Waals surface area contributed by atoms with E-state index in [1.807, 2.05) is 36.2 Å². The maximum absolute atomic E-state index is 12.6. The number of aromatic nitrogens is 1. The van der Waals surface area contributed by atoms with E-state index in [0.717, 1.165) is 40.3 Å². The van der Waals surface area contributed by atoms with Crippen LogP contribution in [0.3, 0.4) is 0 Å². The number of hydrogen-bond acceptors (Lipinski definition) is 4. The van der Waals surface area contributed by atoms with Crippen molar-refractivity contribution < 1.29 is 9.90 Å². The first-order chi connectivity index (χ1) is 10.6. The van der Waals surface area contributed by atoms with Crippen molar-refractivity contribution in [2.75, 3.05) is 13.1 Å². The molecule has 22 heavy (non-hydrogen) atoms. The first kappa shape index (κ1) is 15.2. The smallest absolute Gasteiger partial charge is 0.263 e. The zero-order valence-corrected chi connectivity index (χ0v) is 13.5. The van der Waals surface area contributed by atoms with Crippen molar-refractivity contribution in [3.05, 3.63) is 41.0 Å². The first-order valence-electron chi connectivity index (χ1n) is 7.63. The Hall–Kier alpha value is -1.72. The Kier molecular flexibility index (Phi) is 4.55. The summed E-state index contributed by atoms with van der Waals surface area (Å²) in [5, 5.41) is 9.70. The van der Waals surface area contributed by atoms with Crippen LogP contribution in [-0.2, 0) is 0 Å². The Morgan fingerprint density at radius 1 is 1.32 bits per heavy atom. The summed E-state index contributed by atoms with van der Waals surface area (Å²) in [5.41, 5.74) is 2.24. The van der Waals surface area contributed by atoms with Gasteiger partial charge in [-0.2, -0.15) is 0 Å². The highest BCUT2D eigenvalue weighted by atomic mass is 32.1. The van der Waals surface area contributed by atoms with Crippen molar-refractivity contribution in [2.45, 2.75) is 32.3 Å². The fraction of sp³-hybridized carbons (Fsp3) is 0.412. The minimum atomic E-state index is -0.267. The monoisotopic (exact) mass is 316 g/mol. The molecule has 1 atom stereocenters. The van der Waals surface area contributed by atoms with Crippen molar-refractivity contribution in [3.63, 3.8) is 0 Å². The van der Waals surface area contributed by atoms with E-state index in [9.17, 15) is 9.90 Å². The van der Waals surface area contributed by atoms with Crippen LogP contribution in [0.2, 0.25) is 0 Å². The van der Waals surface area contributed by atoms with Gasteiger partial charge in [0.1, 0.15) is 0 Å². The largest absolute Gasteiger partial charge is 0.393 e. The third kappa shape index (κ3) is 3.20. The molecule has 116 valence electrons. The zero-order valence-electron chi connectivity index (χ0n) is 12.7. The van der Waals surface area contributed by atoms with Crippen molar-refractivity contribution in [2.24, 2.45) is 0 Å². The number of thiophene rings is 1. The molecule has 1 saturated heterocycles. The average Bonchev–Trinajstić information content (AvgIpc) is 2.90. The second-order valence-electron chi connectivity index (χ2n) is 5.73. The molecule has 1 unspecified atom stereocenters. The highest BCUT2D eigenvalue weighted by molar-refractivity contribution is 7.17. The molecule has 1 aliphatic heterocycles. The molecule has 0 radical (unpaired) electrons. The van der Waals surface area contributed by atoms with Crippen LogP contribution in [0.4, 0.5) is 0 Å². The van der Waals surface area contributed by atoms with Gasteiger partial charge in [-0.05, 0) is 55.5 Å². The van der Waals surface area contributed by atoms with Gasteiger partial charge < -0.3 is 10.0 Å². The molecule has 3 heterocycles. The van der Waals surface area contributed by atoms with Crippen LogP contribution in [0.15, 0.2) is 30.6 Å². The third-order valence-electron chi connectivity index (χ3n) is 4.09. The summed E-state index contributed by atoms with van der Waals surface area (Å²) in [4.78, 5) is 20.5. The molecule has 0 aliphatic carbocycles. The molecule has 2 aromatic heterocycles. The molecule has 1 N–H and O–H groups in total. The lowest BCUT2D eigenvalue weighted by atomic mass is 10.1. The van der Waals surface area contributed by atoms with E-state index >= 15 is 0 Å². The van der Waals surface area contributed by atoms with Crippen molar-refractivity contribution >= 4 is 17.2 Å². The van der Waals surface area contributed by atoms with Gasteiger partial charge in [-0.1, -0.05) is 0 Å². The summed E-state index contributed by atoms with van der Waals surface area (Å²) in [6.07, 6.45) is 5.68. The SMILES string of the molecule is Cc1cnccc1-c1ccc(C(=O)N2CCCC(O)CC2)s1. The highest BCUT2D eigenvalue weighted by Crippen LogP contribution is 2.31. The van der Waals surface area contributed by atoms with Crippen molar-refractivity contribution in [1.82, 2.24) is 9.88 Å². The number of nitrogens with zero attached hydrogens (tertiary/aromatic N) is 2. The van der Waals surface area contributed by atoms with Gasteiger partial charge in [0.15, 0.2) is 0 Å². The number of amides is 1. The number of pyridine rings is 1. The van der Waals surface area contributed by atoms with Crippen LogP contribution >= 0.6 is 11.3 Å². The number of carbonyl (C=O) groups is 1. The summed E-state index contributed by atoms with van der Waals surface area (Å²) < 4.78 is 0. The first-order valence-corrected chi connectivity index (χ1v) is 8.45. The predicted molar refractivity (Wildman–Crippen MR) is 88.0 cm³/mol. The number of rotatable bonds is 2. The molecule has 2 aromatic rings. The molecule has 0 spiro atoms. The number of aryl methyl sites for hydroxylation is 1. The normalized spacial score (nSPS) is 19.0. The fourth-order valence-electron chi connectivity index (χ4n) is 2.79. The maximum atomic E-state index is 12.6. The molecular formula is C17H20N2O2S. The number of likely N-dealkylation sites (tertiary alicyclic amines) is 1. The van der Waals surface area contributed by atoms with Crippen LogP contribution < -0.4 is 0 Å². The van der Waals surface area contributed by atoms with Gasteiger partial charge in [0.2, 0.25) is 0 Å². The standard InChI is InChI=1S/C17H20N2O2S/c1-12-11-18-8-6-14(12)15-4-5-16(22-15)17(21)19-9-2-3-13(20)7-10-19/h4-6,8,11,13,20H,2-3,7,9-10H2,1H3. The van der Waals surface area contributed by atoms with E-state index in [2.05, 4.69) is 4.98 Å². The number of carbonyl (C=O) groups excluding carboxylic acids is 1. The van der Waals surface area contributed by atoms with Gasteiger partial charge in [-0.25, -0.2) is 0 Å². The van der Waals surface area contributed by atoms with E-state index in [0.29, 0.717) is 13.0 Å². The van der Waals surface area contributed by atoms with Gasteiger partial charge in [0, 0.05) is 30.4 Å². The Morgan fingerprint density at radius 2 is 2.18 bits per heavy atom.